The van der Waals surface area contributed by atoms with Gasteiger partial charge in [0.2, 0.25) is 5.91 Å². The Morgan fingerprint density at radius 1 is 1.38 bits per heavy atom. The molecule has 1 amide bonds. The van der Waals surface area contributed by atoms with Crippen molar-refractivity contribution in [1.82, 2.24) is 5.32 Å². The van der Waals surface area contributed by atoms with Gasteiger partial charge in [-0.15, -0.1) is 0 Å². The van der Waals surface area contributed by atoms with Crippen LogP contribution < -0.4 is 11.1 Å². The molecular formula is C13H18N2O. The molecule has 3 nitrogen and oxygen atoms in total. The summed E-state index contributed by atoms with van der Waals surface area (Å²) >= 11 is 0. The zero-order valence-corrected chi connectivity index (χ0v) is 9.52. The maximum absolute atomic E-state index is 11.4. The maximum atomic E-state index is 11.4. The predicted molar refractivity (Wildman–Crippen MR) is 63.7 cm³/mol. The van der Waals surface area contributed by atoms with E-state index >= 15 is 0 Å². The monoisotopic (exact) mass is 218 g/mol. The molecule has 0 radical (unpaired) electrons. The van der Waals surface area contributed by atoms with Gasteiger partial charge in [-0.1, -0.05) is 30.3 Å². The van der Waals surface area contributed by atoms with E-state index < -0.39 is 0 Å². The Morgan fingerprint density at radius 3 is 2.50 bits per heavy atom. The summed E-state index contributed by atoms with van der Waals surface area (Å²) in [5, 5.41) is 3.32. The number of nitrogens with one attached hydrogen (secondary N) is 1. The van der Waals surface area contributed by atoms with Gasteiger partial charge in [-0.3, -0.25) is 10.1 Å². The van der Waals surface area contributed by atoms with E-state index in [9.17, 15) is 4.79 Å². The highest BCUT2D eigenvalue weighted by atomic mass is 16.1. The van der Waals surface area contributed by atoms with Crippen LogP contribution in [0.15, 0.2) is 30.3 Å². The van der Waals surface area contributed by atoms with Crippen LogP contribution in [0, 0.1) is 5.92 Å². The summed E-state index contributed by atoms with van der Waals surface area (Å²) in [6.45, 7) is 2.12. The molecule has 0 spiro atoms. The molecule has 1 fully saturated rings. The summed E-state index contributed by atoms with van der Waals surface area (Å²) in [7, 11) is 0. The van der Waals surface area contributed by atoms with E-state index in [2.05, 4.69) is 12.2 Å². The quantitative estimate of drug-likeness (QED) is 0.788. The maximum Gasteiger partial charge on any atom is 0.239 e. The van der Waals surface area contributed by atoms with Gasteiger partial charge in [0.25, 0.3) is 0 Å². The molecule has 1 aliphatic rings. The van der Waals surface area contributed by atoms with Gasteiger partial charge in [0, 0.05) is 6.04 Å². The predicted octanol–water partition coefficient (Wildman–Crippen LogP) is 1.60. The largest absolute Gasteiger partial charge is 0.368 e. The summed E-state index contributed by atoms with van der Waals surface area (Å²) in [6.07, 6.45) is 2.52. The topological polar surface area (TPSA) is 55.1 Å². The van der Waals surface area contributed by atoms with Crippen molar-refractivity contribution >= 4 is 5.91 Å². The van der Waals surface area contributed by atoms with Crippen molar-refractivity contribution in [2.24, 2.45) is 11.7 Å². The molecule has 3 N–H and O–H groups in total. The van der Waals surface area contributed by atoms with Crippen molar-refractivity contribution < 1.29 is 4.79 Å². The molecule has 1 aromatic carbocycles. The van der Waals surface area contributed by atoms with E-state index in [4.69, 9.17) is 5.73 Å². The fourth-order valence-corrected chi connectivity index (χ4v) is 1.98. The third kappa shape index (κ3) is 2.61. The van der Waals surface area contributed by atoms with Crippen molar-refractivity contribution in [3.63, 3.8) is 0 Å². The number of carbonyl (C=O) groups excluding carboxylic acids is 1. The van der Waals surface area contributed by atoms with Crippen LogP contribution in [0.3, 0.4) is 0 Å². The average molecular weight is 218 g/mol. The minimum Gasteiger partial charge on any atom is -0.368 e. The molecule has 2 rings (SSSR count). The van der Waals surface area contributed by atoms with Crippen molar-refractivity contribution in [2.45, 2.75) is 31.8 Å². The van der Waals surface area contributed by atoms with Crippen LogP contribution in [0.1, 0.15) is 31.4 Å². The lowest BCUT2D eigenvalue weighted by Gasteiger charge is -2.21. The van der Waals surface area contributed by atoms with Gasteiger partial charge >= 0.3 is 0 Å². The van der Waals surface area contributed by atoms with Gasteiger partial charge in [-0.05, 0) is 31.2 Å². The smallest absolute Gasteiger partial charge is 0.239 e. The minimum atomic E-state index is -0.364. The summed E-state index contributed by atoms with van der Waals surface area (Å²) in [6, 6.07) is 9.65. The molecule has 0 saturated heterocycles. The first kappa shape index (κ1) is 11.1. The molecule has 0 aromatic heterocycles. The first-order valence-electron chi connectivity index (χ1n) is 5.79. The molecule has 16 heavy (non-hydrogen) atoms. The fraction of sp³-hybridized carbons (Fsp3) is 0.462. The standard InChI is InChI=1S/C13H18N2O/c1-9(10-7-8-10)15-12(13(14)16)11-5-3-2-4-6-11/h2-6,9-10,12,15H,7-8H2,1H3,(H2,14,16). The van der Waals surface area contributed by atoms with Crippen molar-refractivity contribution in [1.29, 1.82) is 0 Å². The highest BCUT2D eigenvalue weighted by molar-refractivity contribution is 5.81. The highest BCUT2D eigenvalue weighted by Gasteiger charge is 2.30. The highest BCUT2D eigenvalue weighted by Crippen LogP contribution is 2.33. The van der Waals surface area contributed by atoms with Gasteiger partial charge in [0.05, 0.1) is 0 Å². The number of carbonyl (C=O) groups is 1. The lowest BCUT2D eigenvalue weighted by atomic mass is 10.0. The van der Waals surface area contributed by atoms with E-state index in [1.165, 1.54) is 12.8 Å². The van der Waals surface area contributed by atoms with Crippen molar-refractivity contribution in [3.8, 4) is 0 Å². The number of amides is 1. The van der Waals surface area contributed by atoms with Gasteiger partial charge in [-0.2, -0.15) is 0 Å². The second kappa shape index (κ2) is 4.66. The molecule has 86 valence electrons. The van der Waals surface area contributed by atoms with Crippen LogP contribution in [-0.2, 0) is 4.79 Å². The van der Waals surface area contributed by atoms with Crippen LogP contribution in [0.2, 0.25) is 0 Å². The summed E-state index contributed by atoms with van der Waals surface area (Å²) < 4.78 is 0. The van der Waals surface area contributed by atoms with E-state index in [0.29, 0.717) is 12.0 Å². The Balaban J connectivity index is 2.08. The summed E-state index contributed by atoms with van der Waals surface area (Å²) in [5.74, 6) is 0.407. The number of benzene rings is 1. The lowest BCUT2D eigenvalue weighted by molar-refractivity contribution is -0.120. The molecule has 1 aliphatic carbocycles. The minimum absolute atomic E-state index is 0.307. The summed E-state index contributed by atoms with van der Waals surface area (Å²) in [4.78, 5) is 11.4. The first-order chi connectivity index (χ1) is 7.68. The molecular weight excluding hydrogens is 200 g/mol. The zero-order valence-electron chi connectivity index (χ0n) is 9.52. The third-order valence-corrected chi connectivity index (χ3v) is 3.18. The van der Waals surface area contributed by atoms with Crippen LogP contribution in [0.5, 0.6) is 0 Å². The van der Waals surface area contributed by atoms with Crippen LogP contribution in [-0.4, -0.2) is 11.9 Å². The van der Waals surface area contributed by atoms with Gasteiger partial charge in [-0.25, -0.2) is 0 Å². The van der Waals surface area contributed by atoms with E-state index in [1.54, 1.807) is 0 Å². The average Bonchev–Trinajstić information content (AvgIpc) is 3.10. The molecule has 0 heterocycles. The fourth-order valence-electron chi connectivity index (χ4n) is 1.98. The Bertz CT molecular complexity index is 359. The van der Waals surface area contributed by atoms with Crippen molar-refractivity contribution in [2.75, 3.05) is 0 Å². The normalized spacial score (nSPS) is 19.1. The van der Waals surface area contributed by atoms with E-state index in [0.717, 1.165) is 5.56 Å². The first-order valence-corrected chi connectivity index (χ1v) is 5.79. The lowest BCUT2D eigenvalue weighted by Crippen LogP contribution is -2.39. The van der Waals surface area contributed by atoms with E-state index in [1.807, 2.05) is 30.3 Å². The molecule has 0 bridgehead atoms. The van der Waals surface area contributed by atoms with Crippen molar-refractivity contribution in [3.05, 3.63) is 35.9 Å². The van der Waals surface area contributed by atoms with Crippen LogP contribution in [0.25, 0.3) is 0 Å². The number of hydrogen-bond acceptors (Lipinski definition) is 2. The molecule has 2 unspecified atom stereocenters. The van der Waals surface area contributed by atoms with Crippen LogP contribution >= 0.6 is 0 Å². The Kier molecular flexibility index (Phi) is 3.25. The molecule has 0 aliphatic heterocycles. The second-order valence-electron chi connectivity index (χ2n) is 4.54. The second-order valence-corrected chi connectivity index (χ2v) is 4.54. The molecule has 2 atom stereocenters. The number of rotatable bonds is 5. The third-order valence-electron chi connectivity index (χ3n) is 3.18. The molecule has 3 heteroatoms. The van der Waals surface area contributed by atoms with Gasteiger partial charge in [0.15, 0.2) is 0 Å². The Morgan fingerprint density at radius 2 is 2.00 bits per heavy atom. The molecule has 1 aromatic rings. The zero-order chi connectivity index (χ0) is 11.5. The Labute approximate surface area is 96.0 Å². The number of primary amides is 1. The summed E-state index contributed by atoms with van der Waals surface area (Å²) in [5.41, 5.74) is 6.38. The van der Waals surface area contributed by atoms with Gasteiger partial charge < -0.3 is 5.73 Å². The number of hydrogen-bond donors (Lipinski definition) is 2. The SMILES string of the molecule is CC(NC(C(N)=O)c1ccccc1)C1CC1. The van der Waals surface area contributed by atoms with Gasteiger partial charge in [0.1, 0.15) is 6.04 Å². The molecule has 1 saturated carbocycles. The Hall–Kier alpha value is -1.35. The van der Waals surface area contributed by atoms with Crippen LogP contribution in [0.4, 0.5) is 0 Å². The number of nitrogens with two attached hydrogens (primary N) is 1. The van der Waals surface area contributed by atoms with E-state index in [-0.39, 0.29) is 11.9 Å².